The molecule has 2 heterocycles. The van der Waals surface area contributed by atoms with Crippen molar-refractivity contribution in [3.8, 4) is 5.75 Å². The number of carbonyl (C=O) groups excluding carboxylic acids is 1. The minimum atomic E-state index is -0.295. The number of aryl methyl sites for hydroxylation is 2. The molecule has 0 atom stereocenters. The third kappa shape index (κ3) is 3.68. The molecule has 0 unspecified atom stereocenters. The van der Waals surface area contributed by atoms with Crippen LogP contribution in [0.15, 0.2) is 47.7 Å². The highest BCUT2D eigenvalue weighted by molar-refractivity contribution is 5.95. The number of aromatic nitrogens is 2. The number of fused-ring (bicyclic) bond motifs is 1. The van der Waals surface area contributed by atoms with E-state index >= 15 is 0 Å². The molecule has 6 nitrogen and oxygen atoms in total. The lowest BCUT2D eigenvalue weighted by atomic mass is 10.2. The molecule has 128 valence electrons. The molecule has 1 amide bonds. The van der Waals surface area contributed by atoms with Gasteiger partial charge in [-0.15, -0.1) is 0 Å². The number of imidazole rings is 1. The molecule has 3 aromatic rings. The first-order valence-electron chi connectivity index (χ1n) is 8.10. The maximum atomic E-state index is 12.4. The third-order valence-electron chi connectivity index (χ3n) is 3.74. The van der Waals surface area contributed by atoms with Crippen LogP contribution in [0.1, 0.15) is 34.2 Å². The van der Waals surface area contributed by atoms with E-state index in [-0.39, 0.29) is 5.91 Å². The Balaban J connectivity index is 1.73. The van der Waals surface area contributed by atoms with Gasteiger partial charge in [-0.3, -0.25) is 9.20 Å². The van der Waals surface area contributed by atoms with Gasteiger partial charge < -0.3 is 4.74 Å². The average Bonchev–Trinajstić information content (AvgIpc) is 2.91. The molecule has 0 aliphatic carbocycles. The van der Waals surface area contributed by atoms with Crippen molar-refractivity contribution in [3.05, 3.63) is 65.1 Å². The zero-order valence-corrected chi connectivity index (χ0v) is 14.5. The van der Waals surface area contributed by atoms with Crippen molar-refractivity contribution in [1.29, 1.82) is 0 Å². The van der Waals surface area contributed by atoms with Crippen LogP contribution in [-0.4, -0.2) is 28.1 Å². The number of amides is 1. The second-order valence-electron chi connectivity index (χ2n) is 5.68. The lowest BCUT2D eigenvalue weighted by Crippen LogP contribution is -2.20. The zero-order chi connectivity index (χ0) is 17.8. The zero-order valence-electron chi connectivity index (χ0n) is 14.5. The van der Waals surface area contributed by atoms with Gasteiger partial charge >= 0.3 is 0 Å². The summed E-state index contributed by atoms with van der Waals surface area (Å²) in [5, 5.41) is 4.03. The molecule has 25 heavy (non-hydrogen) atoms. The SMILES string of the molecule is CCOc1ccc(/C=N\NC(=O)c2c(C)nc3cc(C)ccn23)cc1. The van der Waals surface area contributed by atoms with Gasteiger partial charge in [-0.05, 0) is 68.3 Å². The van der Waals surface area contributed by atoms with Gasteiger partial charge in [0.15, 0.2) is 0 Å². The molecule has 0 spiro atoms. The highest BCUT2D eigenvalue weighted by atomic mass is 16.5. The number of nitrogens with one attached hydrogen (secondary N) is 1. The Kier molecular flexibility index (Phi) is 4.79. The van der Waals surface area contributed by atoms with E-state index in [1.54, 1.807) is 10.6 Å². The van der Waals surface area contributed by atoms with Crippen molar-refractivity contribution >= 4 is 17.8 Å². The lowest BCUT2D eigenvalue weighted by molar-refractivity contribution is 0.0948. The monoisotopic (exact) mass is 336 g/mol. The molecule has 1 aromatic carbocycles. The van der Waals surface area contributed by atoms with Crippen LogP contribution in [0.4, 0.5) is 0 Å². The number of benzene rings is 1. The largest absolute Gasteiger partial charge is 0.494 e. The molecule has 0 fully saturated rings. The van der Waals surface area contributed by atoms with Gasteiger partial charge in [-0.1, -0.05) is 0 Å². The summed E-state index contributed by atoms with van der Waals surface area (Å²) in [6, 6.07) is 11.4. The number of hydrogen-bond acceptors (Lipinski definition) is 4. The van der Waals surface area contributed by atoms with E-state index in [0.29, 0.717) is 18.0 Å². The van der Waals surface area contributed by atoms with Gasteiger partial charge in [0.1, 0.15) is 17.1 Å². The number of rotatable bonds is 5. The maximum absolute atomic E-state index is 12.4. The van der Waals surface area contributed by atoms with Crippen molar-refractivity contribution in [3.63, 3.8) is 0 Å². The van der Waals surface area contributed by atoms with E-state index in [9.17, 15) is 4.79 Å². The highest BCUT2D eigenvalue weighted by Crippen LogP contribution is 2.14. The van der Waals surface area contributed by atoms with Crippen LogP contribution in [0.25, 0.3) is 5.65 Å². The Hall–Kier alpha value is -3.15. The summed E-state index contributed by atoms with van der Waals surface area (Å²) in [4.78, 5) is 16.9. The minimum Gasteiger partial charge on any atom is -0.494 e. The van der Waals surface area contributed by atoms with E-state index in [4.69, 9.17) is 4.74 Å². The van der Waals surface area contributed by atoms with E-state index in [1.165, 1.54) is 0 Å². The van der Waals surface area contributed by atoms with Gasteiger partial charge in [0.25, 0.3) is 5.91 Å². The fourth-order valence-electron chi connectivity index (χ4n) is 2.57. The number of hydrazone groups is 1. The quantitative estimate of drug-likeness (QED) is 0.575. The van der Waals surface area contributed by atoms with Crippen LogP contribution in [0.5, 0.6) is 5.75 Å². The van der Waals surface area contributed by atoms with Crippen LogP contribution in [0, 0.1) is 13.8 Å². The van der Waals surface area contributed by atoms with Crippen molar-refractivity contribution in [2.45, 2.75) is 20.8 Å². The van der Waals surface area contributed by atoms with E-state index in [1.807, 2.05) is 63.4 Å². The summed E-state index contributed by atoms with van der Waals surface area (Å²) >= 11 is 0. The molecule has 3 rings (SSSR count). The summed E-state index contributed by atoms with van der Waals surface area (Å²) in [6.07, 6.45) is 3.44. The van der Waals surface area contributed by atoms with Crippen LogP contribution in [0.3, 0.4) is 0 Å². The summed E-state index contributed by atoms with van der Waals surface area (Å²) < 4.78 is 7.16. The number of ether oxygens (including phenoxy) is 1. The number of pyridine rings is 1. The minimum absolute atomic E-state index is 0.295. The Labute approximate surface area is 146 Å². The molecule has 6 heteroatoms. The molecule has 0 radical (unpaired) electrons. The molecule has 0 aliphatic heterocycles. The Bertz CT molecular complexity index is 926. The van der Waals surface area contributed by atoms with Crippen molar-refractivity contribution in [1.82, 2.24) is 14.8 Å². The fraction of sp³-hybridized carbons (Fsp3) is 0.211. The molecule has 0 bridgehead atoms. The standard InChI is InChI=1S/C19H20N4O2/c1-4-25-16-7-5-15(6-8-16)12-20-22-19(24)18-14(3)21-17-11-13(2)9-10-23(17)18/h5-12H,4H2,1-3H3,(H,22,24)/b20-12-. The van der Waals surface area contributed by atoms with Crippen molar-refractivity contribution in [2.24, 2.45) is 5.10 Å². The van der Waals surface area contributed by atoms with E-state index in [0.717, 1.165) is 22.5 Å². The van der Waals surface area contributed by atoms with Crippen LogP contribution < -0.4 is 10.2 Å². The molecule has 1 N–H and O–H groups in total. The van der Waals surface area contributed by atoms with Gasteiger partial charge in [-0.2, -0.15) is 5.10 Å². The van der Waals surface area contributed by atoms with Crippen molar-refractivity contribution < 1.29 is 9.53 Å². The Morgan fingerprint density at radius 2 is 2.04 bits per heavy atom. The smallest absolute Gasteiger partial charge is 0.290 e. The fourth-order valence-corrected chi connectivity index (χ4v) is 2.57. The third-order valence-corrected chi connectivity index (χ3v) is 3.74. The number of carbonyl (C=O) groups is 1. The van der Waals surface area contributed by atoms with Gasteiger partial charge in [-0.25, -0.2) is 10.4 Å². The predicted octanol–water partition coefficient (Wildman–Crippen LogP) is 3.11. The maximum Gasteiger partial charge on any atom is 0.290 e. The first kappa shape index (κ1) is 16.7. The van der Waals surface area contributed by atoms with Gasteiger partial charge in [0.2, 0.25) is 0 Å². The normalized spacial score (nSPS) is 11.2. The molecule has 0 aliphatic rings. The molecular formula is C19H20N4O2. The lowest BCUT2D eigenvalue weighted by Gasteiger charge is -2.03. The van der Waals surface area contributed by atoms with E-state index < -0.39 is 0 Å². The first-order valence-corrected chi connectivity index (χ1v) is 8.10. The van der Waals surface area contributed by atoms with Crippen LogP contribution in [0.2, 0.25) is 0 Å². The summed E-state index contributed by atoms with van der Waals surface area (Å²) in [5.74, 6) is 0.511. The summed E-state index contributed by atoms with van der Waals surface area (Å²) in [5.41, 5.74) is 6.42. The molecule has 2 aromatic heterocycles. The molecule has 0 saturated heterocycles. The number of hydrogen-bond donors (Lipinski definition) is 1. The molecule has 0 saturated carbocycles. The second kappa shape index (κ2) is 7.17. The molecular weight excluding hydrogens is 316 g/mol. The highest BCUT2D eigenvalue weighted by Gasteiger charge is 2.15. The topological polar surface area (TPSA) is 68.0 Å². The first-order chi connectivity index (χ1) is 12.1. The predicted molar refractivity (Wildman–Crippen MR) is 97.3 cm³/mol. The number of nitrogens with zero attached hydrogens (tertiary/aromatic N) is 3. The van der Waals surface area contributed by atoms with Crippen molar-refractivity contribution in [2.75, 3.05) is 6.61 Å². The second-order valence-corrected chi connectivity index (χ2v) is 5.68. The van der Waals surface area contributed by atoms with Gasteiger partial charge in [0, 0.05) is 6.20 Å². The Morgan fingerprint density at radius 1 is 1.28 bits per heavy atom. The van der Waals surface area contributed by atoms with Gasteiger partial charge in [0.05, 0.1) is 18.5 Å². The van der Waals surface area contributed by atoms with E-state index in [2.05, 4.69) is 15.5 Å². The summed E-state index contributed by atoms with van der Waals surface area (Å²) in [6.45, 7) is 6.37. The summed E-state index contributed by atoms with van der Waals surface area (Å²) in [7, 11) is 0. The average molecular weight is 336 g/mol. The Morgan fingerprint density at radius 3 is 2.76 bits per heavy atom. The van der Waals surface area contributed by atoms with Crippen LogP contribution in [-0.2, 0) is 0 Å². The van der Waals surface area contributed by atoms with Crippen LogP contribution >= 0.6 is 0 Å².